The Bertz CT molecular complexity index is 793. The molecule has 2 aliphatic rings. The zero-order valence-corrected chi connectivity index (χ0v) is 14.6. The predicted molar refractivity (Wildman–Crippen MR) is 98.6 cm³/mol. The SMILES string of the molecule is O=C(NCc1ccc(O)cc1O)[C@H]1C[C@@H](c2ccccc2)N2CCC[C@H]12. The van der Waals surface area contributed by atoms with Crippen LogP contribution in [-0.4, -0.2) is 33.6 Å². The molecule has 0 unspecified atom stereocenters. The molecule has 0 aliphatic carbocycles. The molecular formula is C21H24N2O3. The summed E-state index contributed by atoms with van der Waals surface area (Å²) in [5.41, 5.74) is 1.89. The lowest BCUT2D eigenvalue weighted by atomic mass is 9.93. The number of benzene rings is 2. The van der Waals surface area contributed by atoms with Crippen LogP contribution < -0.4 is 5.32 Å². The molecule has 2 fully saturated rings. The van der Waals surface area contributed by atoms with E-state index in [1.165, 1.54) is 17.7 Å². The fraction of sp³-hybridized carbons (Fsp3) is 0.381. The monoisotopic (exact) mass is 352 g/mol. The van der Waals surface area contributed by atoms with Crippen molar-refractivity contribution < 1.29 is 15.0 Å². The molecule has 2 aromatic carbocycles. The van der Waals surface area contributed by atoms with Crippen LogP contribution in [0.5, 0.6) is 11.5 Å². The largest absolute Gasteiger partial charge is 0.508 e. The van der Waals surface area contributed by atoms with Gasteiger partial charge in [0.2, 0.25) is 5.91 Å². The van der Waals surface area contributed by atoms with Crippen LogP contribution in [0.2, 0.25) is 0 Å². The van der Waals surface area contributed by atoms with E-state index in [4.69, 9.17) is 0 Å². The molecule has 3 N–H and O–H groups in total. The molecule has 0 aromatic heterocycles. The molecule has 0 bridgehead atoms. The number of hydrogen-bond donors (Lipinski definition) is 3. The van der Waals surface area contributed by atoms with E-state index in [-0.39, 0.29) is 29.9 Å². The molecule has 26 heavy (non-hydrogen) atoms. The fourth-order valence-corrected chi connectivity index (χ4v) is 4.47. The molecule has 2 aliphatic heterocycles. The van der Waals surface area contributed by atoms with Crippen molar-refractivity contribution in [2.24, 2.45) is 5.92 Å². The number of phenolic OH excluding ortho intramolecular Hbond substituents is 2. The normalized spacial score (nSPS) is 25.2. The van der Waals surface area contributed by atoms with E-state index in [0.29, 0.717) is 17.6 Å². The number of nitrogens with zero attached hydrogens (tertiary/aromatic N) is 1. The molecule has 2 saturated heterocycles. The van der Waals surface area contributed by atoms with E-state index >= 15 is 0 Å². The number of hydrogen-bond acceptors (Lipinski definition) is 4. The van der Waals surface area contributed by atoms with Gasteiger partial charge in [-0.05, 0) is 43.5 Å². The second-order valence-corrected chi connectivity index (χ2v) is 7.25. The van der Waals surface area contributed by atoms with E-state index < -0.39 is 0 Å². The molecule has 5 nitrogen and oxygen atoms in total. The fourth-order valence-electron chi connectivity index (χ4n) is 4.47. The average molecular weight is 352 g/mol. The number of phenols is 2. The zero-order chi connectivity index (χ0) is 18.1. The maximum Gasteiger partial charge on any atom is 0.225 e. The number of nitrogens with one attached hydrogen (secondary N) is 1. The van der Waals surface area contributed by atoms with Crippen molar-refractivity contribution in [1.29, 1.82) is 0 Å². The molecule has 136 valence electrons. The smallest absolute Gasteiger partial charge is 0.225 e. The summed E-state index contributed by atoms with van der Waals surface area (Å²) in [6.07, 6.45) is 3.03. The van der Waals surface area contributed by atoms with Crippen LogP contribution in [0.1, 0.15) is 36.4 Å². The van der Waals surface area contributed by atoms with Crippen LogP contribution in [-0.2, 0) is 11.3 Å². The first kappa shape index (κ1) is 16.9. The van der Waals surface area contributed by atoms with Gasteiger partial charge in [-0.25, -0.2) is 0 Å². The third-order valence-corrected chi connectivity index (χ3v) is 5.73. The van der Waals surface area contributed by atoms with Gasteiger partial charge < -0.3 is 15.5 Å². The summed E-state index contributed by atoms with van der Waals surface area (Å²) in [5.74, 6) is 0.0387. The van der Waals surface area contributed by atoms with Gasteiger partial charge in [0.25, 0.3) is 0 Å². The van der Waals surface area contributed by atoms with Crippen LogP contribution in [0.15, 0.2) is 48.5 Å². The summed E-state index contributed by atoms with van der Waals surface area (Å²) in [5, 5.41) is 22.2. The van der Waals surface area contributed by atoms with Crippen molar-refractivity contribution in [2.45, 2.75) is 37.9 Å². The van der Waals surface area contributed by atoms with Crippen molar-refractivity contribution in [1.82, 2.24) is 10.2 Å². The van der Waals surface area contributed by atoms with E-state index in [2.05, 4.69) is 34.5 Å². The van der Waals surface area contributed by atoms with Crippen LogP contribution in [0.3, 0.4) is 0 Å². The van der Waals surface area contributed by atoms with Gasteiger partial charge >= 0.3 is 0 Å². The third kappa shape index (κ3) is 3.15. The van der Waals surface area contributed by atoms with Gasteiger partial charge in [0, 0.05) is 30.3 Å². The summed E-state index contributed by atoms with van der Waals surface area (Å²) in [4.78, 5) is 15.3. The number of aromatic hydroxyl groups is 2. The van der Waals surface area contributed by atoms with Crippen molar-refractivity contribution in [2.75, 3.05) is 6.54 Å². The quantitative estimate of drug-likeness (QED) is 0.791. The molecule has 0 spiro atoms. The minimum absolute atomic E-state index is 0.00127. The maximum absolute atomic E-state index is 12.8. The third-order valence-electron chi connectivity index (χ3n) is 5.73. The van der Waals surface area contributed by atoms with Gasteiger partial charge in [-0.15, -0.1) is 0 Å². The predicted octanol–water partition coefficient (Wildman–Crippen LogP) is 2.94. The molecular weight excluding hydrogens is 328 g/mol. The van der Waals surface area contributed by atoms with Crippen molar-refractivity contribution >= 4 is 5.91 Å². The molecule has 1 amide bonds. The lowest BCUT2D eigenvalue weighted by Crippen LogP contribution is -2.37. The number of rotatable bonds is 4. The first-order valence-corrected chi connectivity index (χ1v) is 9.23. The molecule has 2 aromatic rings. The Kier molecular flexibility index (Phi) is 4.55. The Morgan fingerprint density at radius 1 is 1.15 bits per heavy atom. The highest BCUT2D eigenvalue weighted by atomic mass is 16.3. The zero-order valence-electron chi connectivity index (χ0n) is 14.6. The van der Waals surface area contributed by atoms with E-state index in [0.717, 1.165) is 25.8 Å². The van der Waals surface area contributed by atoms with Gasteiger partial charge in [0.05, 0.1) is 5.92 Å². The van der Waals surface area contributed by atoms with E-state index in [9.17, 15) is 15.0 Å². The molecule has 3 atom stereocenters. The number of carbonyl (C=O) groups is 1. The van der Waals surface area contributed by atoms with Crippen molar-refractivity contribution in [3.8, 4) is 11.5 Å². The molecule has 5 heteroatoms. The topological polar surface area (TPSA) is 72.8 Å². The Labute approximate surface area is 153 Å². The van der Waals surface area contributed by atoms with Crippen LogP contribution in [0.4, 0.5) is 0 Å². The number of amides is 1. The van der Waals surface area contributed by atoms with Gasteiger partial charge in [-0.3, -0.25) is 9.69 Å². The van der Waals surface area contributed by atoms with Crippen LogP contribution in [0, 0.1) is 5.92 Å². The van der Waals surface area contributed by atoms with Crippen molar-refractivity contribution in [3.63, 3.8) is 0 Å². The number of carbonyl (C=O) groups excluding carboxylic acids is 1. The summed E-state index contributed by atoms with van der Waals surface area (Å²) in [7, 11) is 0. The molecule has 2 heterocycles. The second kappa shape index (κ2) is 7.00. The highest BCUT2D eigenvalue weighted by Crippen LogP contribution is 2.44. The summed E-state index contributed by atoms with van der Waals surface area (Å²) < 4.78 is 0. The lowest BCUT2D eigenvalue weighted by molar-refractivity contribution is -0.125. The van der Waals surface area contributed by atoms with Gasteiger partial charge in [-0.1, -0.05) is 30.3 Å². The first-order valence-electron chi connectivity index (χ1n) is 9.23. The summed E-state index contributed by atoms with van der Waals surface area (Å²) in [6.45, 7) is 1.32. The molecule has 0 radical (unpaired) electrons. The molecule has 4 rings (SSSR count). The Hall–Kier alpha value is -2.53. The number of fused-ring (bicyclic) bond motifs is 1. The van der Waals surface area contributed by atoms with Gasteiger partial charge in [0.1, 0.15) is 11.5 Å². The minimum Gasteiger partial charge on any atom is -0.508 e. The standard InChI is InChI=1S/C21H24N2O3/c24-16-9-8-15(20(25)11-16)13-22-21(26)17-12-19(14-5-2-1-3-6-14)23-10-4-7-18(17)23/h1-3,5-6,8-9,11,17-19,24-25H,4,7,10,12-13H2,(H,22,26)/t17-,18+,19-/m0/s1. The first-order chi connectivity index (χ1) is 12.6. The molecule has 0 saturated carbocycles. The Morgan fingerprint density at radius 3 is 2.73 bits per heavy atom. The van der Waals surface area contributed by atoms with Crippen LogP contribution >= 0.6 is 0 Å². The van der Waals surface area contributed by atoms with E-state index in [1.807, 2.05) is 6.07 Å². The minimum atomic E-state index is -0.0260. The van der Waals surface area contributed by atoms with Gasteiger partial charge in [-0.2, -0.15) is 0 Å². The van der Waals surface area contributed by atoms with E-state index in [1.54, 1.807) is 6.07 Å². The van der Waals surface area contributed by atoms with Crippen molar-refractivity contribution in [3.05, 3.63) is 59.7 Å². The summed E-state index contributed by atoms with van der Waals surface area (Å²) in [6, 6.07) is 15.5. The summed E-state index contributed by atoms with van der Waals surface area (Å²) >= 11 is 0. The van der Waals surface area contributed by atoms with Gasteiger partial charge in [0.15, 0.2) is 0 Å². The van der Waals surface area contributed by atoms with Crippen LogP contribution in [0.25, 0.3) is 0 Å². The highest BCUT2D eigenvalue weighted by molar-refractivity contribution is 5.80. The highest BCUT2D eigenvalue weighted by Gasteiger charge is 2.46. The maximum atomic E-state index is 12.8. The average Bonchev–Trinajstić information content (AvgIpc) is 3.24. The Balaban J connectivity index is 1.46. The second-order valence-electron chi connectivity index (χ2n) is 7.25. The lowest BCUT2D eigenvalue weighted by Gasteiger charge is -2.24. The Morgan fingerprint density at radius 2 is 1.96 bits per heavy atom.